The molecule has 0 unspecified atom stereocenters. The Morgan fingerprint density at radius 3 is 2.65 bits per heavy atom. The highest BCUT2D eigenvalue weighted by molar-refractivity contribution is 6.01. The molecule has 2 amide bonds. The summed E-state index contributed by atoms with van der Waals surface area (Å²) in [6.07, 6.45) is -1.77. The number of nitrogens with zero attached hydrogens (tertiary/aromatic N) is 2. The minimum Gasteiger partial charge on any atom is -0.484 e. The van der Waals surface area contributed by atoms with Crippen LogP contribution in [-0.2, 0) is 20.5 Å². The molecule has 1 aromatic carbocycles. The molecule has 0 bridgehead atoms. The van der Waals surface area contributed by atoms with Gasteiger partial charge in [0.2, 0.25) is 11.9 Å². The quantitative estimate of drug-likeness (QED) is 0.402. The Labute approximate surface area is 192 Å². The van der Waals surface area contributed by atoms with Gasteiger partial charge >= 0.3 is 6.18 Å². The summed E-state index contributed by atoms with van der Waals surface area (Å²) in [6.45, 7) is 3.95. The Morgan fingerprint density at radius 2 is 2.00 bits per heavy atom. The van der Waals surface area contributed by atoms with Gasteiger partial charge in [-0.05, 0) is 31.1 Å². The van der Waals surface area contributed by atoms with E-state index in [9.17, 15) is 22.8 Å². The molecule has 3 rings (SSSR count). The molecule has 13 heteroatoms. The van der Waals surface area contributed by atoms with Gasteiger partial charge in [-0.3, -0.25) is 9.59 Å². The maximum Gasteiger partial charge on any atom is 0.421 e. The highest BCUT2D eigenvalue weighted by atomic mass is 19.4. The van der Waals surface area contributed by atoms with Crippen LogP contribution >= 0.6 is 0 Å². The summed E-state index contributed by atoms with van der Waals surface area (Å²) < 4.78 is 51.5. The van der Waals surface area contributed by atoms with E-state index >= 15 is 0 Å². The summed E-state index contributed by atoms with van der Waals surface area (Å²) in [5.74, 6) is -1.74. The van der Waals surface area contributed by atoms with E-state index in [1.54, 1.807) is 0 Å². The average molecular weight is 480 g/mol. The van der Waals surface area contributed by atoms with Crippen LogP contribution < -0.4 is 26.4 Å². The van der Waals surface area contributed by atoms with Gasteiger partial charge in [0.25, 0.3) is 5.91 Å². The van der Waals surface area contributed by atoms with Crippen LogP contribution in [0.3, 0.4) is 0 Å². The zero-order valence-corrected chi connectivity index (χ0v) is 17.9. The van der Waals surface area contributed by atoms with Crippen LogP contribution in [-0.4, -0.2) is 47.6 Å². The van der Waals surface area contributed by atoms with Gasteiger partial charge in [0, 0.05) is 31.5 Å². The third kappa shape index (κ3) is 6.81. The molecule has 0 saturated carbocycles. The van der Waals surface area contributed by atoms with E-state index in [1.807, 2.05) is 0 Å². The van der Waals surface area contributed by atoms with Crippen molar-refractivity contribution >= 4 is 35.0 Å². The molecular formula is C21H23F3N6O4. The molecule has 0 radical (unpaired) electrons. The molecule has 1 aliphatic rings. The molecule has 2 aromatic rings. The first kappa shape index (κ1) is 24.8. The maximum atomic E-state index is 13.7. The van der Waals surface area contributed by atoms with Crippen molar-refractivity contribution in [1.29, 1.82) is 0 Å². The van der Waals surface area contributed by atoms with Crippen LogP contribution in [0.5, 0.6) is 5.75 Å². The highest BCUT2D eigenvalue weighted by Crippen LogP contribution is 2.37. The molecule has 2 heterocycles. The Morgan fingerprint density at radius 1 is 1.26 bits per heavy atom. The van der Waals surface area contributed by atoms with E-state index in [4.69, 9.17) is 15.2 Å². The van der Waals surface area contributed by atoms with E-state index in [0.29, 0.717) is 32.3 Å². The number of hydrogen-bond donors (Lipinski definition) is 4. The van der Waals surface area contributed by atoms with E-state index in [2.05, 4.69) is 32.5 Å². The van der Waals surface area contributed by atoms with Crippen molar-refractivity contribution in [3.05, 3.63) is 42.6 Å². The SMILES string of the molecule is C=CC(=O)Nc1ccc(OCC(N)=O)cc1Nc1nc(NC2CCOCC2)ncc1C(F)(F)F. The van der Waals surface area contributed by atoms with Gasteiger partial charge in [-0.15, -0.1) is 0 Å². The monoisotopic (exact) mass is 480 g/mol. The number of amides is 2. The number of rotatable bonds is 9. The van der Waals surface area contributed by atoms with Crippen molar-refractivity contribution in [2.75, 3.05) is 35.8 Å². The number of ether oxygens (including phenoxy) is 2. The van der Waals surface area contributed by atoms with Crippen molar-refractivity contribution in [3.8, 4) is 5.75 Å². The zero-order chi connectivity index (χ0) is 24.7. The minimum atomic E-state index is -4.76. The fourth-order valence-corrected chi connectivity index (χ4v) is 3.07. The summed E-state index contributed by atoms with van der Waals surface area (Å²) >= 11 is 0. The Kier molecular flexibility index (Phi) is 7.89. The lowest BCUT2D eigenvalue weighted by atomic mass is 10.1. The van der Waals surface area contributed by atoms with Crippen LogP contribution in [0.2, 0.25) is 0 Å². The van der Waals surface area contributed by atoms with Crippen LogP contribution in [0, 0.1) is 0 Å². The molecular weight excluding hydrogens is 457 g/mol. The third-order valence-corrected chi connectivity index (χ3v) is 4.72. The first-order valence-corrected chi connectivity index (χ1v) is 10.2. The molecule has 0 aliphatic carbocycles. The maximum absolute atomic E-state index is 13.7. The first-order chi connectivity index (χ1) is 16.2. The smallest absolute Gasteiger partial charge is 0.421 e. The number of alkyl halides is 3. The van der Waals surface area contributed by atoms with Crippen LogP contribution in [0.4, 0.5) is 36.3 Å². The molecule has 1 aliphatic heterocycles. The second kappa shape index (κ2) is 10.8. The molecule has 34 heavy (non-hydrogen) atoms. The number of nitrogens with one attached hydrogen (secondary N) is 3. The summed E-state index contributed by atoms with van der Waals surface area (Å²) in [5, 5.41) is 8.11. The molecule has 1 saturated heterocycles. The van der Waals surface area contributed by atoms with Crippen molar-refractivity contribution in [2.24, 2.45) is 5.73 Å². The number of nitrogens with two attached hydrogens (primary N) is 1. The number of anilines is 4. The Hall–Kier alpha value is -3.87. The van der Waals surface area contributed by atoms with E-state index in [0.717, 1.165) is 6.08 Å². The summed E-state index contributed by atoms with van der Waals surface area (Å²) in [6, 6.07) is 4.05. The number of benzene rings is 1. The first-order valence-electron chi connectivity index (χ1n) is 10.2. The average Bonchev–Trinajstić information content (AvgIpc) is 2.79. The zero-order valence-electron chi connectivity index (χ0n) is 17.9. The lowest BCUT2D eigenvalue weighted by molar-refractivity contribution is -0.137. The number of aromatic nitrogens is 2. The van der Waals surface area contributed by atoms with Gasteiger partial charge in [-0.1, -0.05) is 6.58 Å². The topological polar surface area (TPSA) is 140 Å². The number of carbonyl (C=O) groups excluding carboxylic acids is 2. The van der Waals surface area contributed by atoms with Crippen LogP contribution in [0.1, 0.15) is 18.4 Å². The van der Waals surface area contributed by atoms with E-state index in [1.165, 1.54) is 18.2 Å². The van der Waals surface area contributed by atoms with Crippen LogP contribution in [0.25, 0.3) is 0 Å². The summed E-state index contributed by atoms with van der Waals surface area (Å²) in [4.78, 5) is 30.7. The van der Waals surface area contributed by atoms with Gasteiger partial charge in [-0.2, -0.15) is 18.2 Å². The van der Waals surface area contributed by atoms with E-state index in [-0.39, 0.29) is 29.1 Å². The van der Waals surface area contributed by atoms with E-state index < -0.39 is 36.0 Å². The fraction of sp³-hybridized carbons (Fsp3) is 0.333. The molecule has 0 spiro atoms. The van der Waals surface area contributed by atoms with Gasteiger partial charge in [0.15, 0.2) is 6.61 Å². The molecule has 10 nitrogen and oxygen atoms in total. The summed E-state index contributed by atoms with van der Waals surface area (Å²) in [7, 11) is 0. The van der Waals surface area contributed by atoms with Gasteiger partial charge in [0.1, 0.15) is 17.1 Å². The molecule has 1 aromatic heterocycles. The van der Waals surface area contributed by atoms with Crippen LogP contribution in [0.15, 0.2) is 37.1 Å². The van der Waals surface area contributed by atoms with Crippen molar-refractivity contribution in [1.82, 2.24) is 9.97 Å². The largest absolute Gasteiger partial charge is 0.484 e. The van der Waals surface area contributed by atoms with Gasteiger partial charge in [-0.25, -0.2) is 4.98 Å². The molecule has 5 N–H and O–H groups in total. The lowest BCUT2D eigenvalue weighted by Gasteiger charge is -2.24. The van der Waals surface area contributed by atoms with Gasteiger partial charge in [0.05, 0.1) is 11.4 Å². The number of primary amides is 1. The summed E-state index contributed by atoms with van der Waals surface area (Å²) in [5.41, 5.74) is 4.11. The number of hydrogen-bond acceptors (Lipinski definition) is 8. The van der Waals surface area contributed by atoms with Crippen molar-refractivity contribution in [2.45, 2.75) is 25.1 Å². The third-order valence-electron chi connectivity index (χ3n) is 4.72. The molecule has 1 fully saturated rings. The standard InChI is InChI=1S/C21H23F3N6O4/c1-2-18(32)28-15-4-3-13(34-11-17(25)31)9-16(15)29-19-14(21(22,23)24)10-26-20(30-19)27-12-5-7-33-8-6-12/h2-4,9-10,12H,1,5-8,11H2,(H2,25,31)(H,28,32)(H2,26,27,29,30). The predicted molar refractivity (Wildman–Crippen MR) is 118 cm³/mol. The predicted octanol–water partition coefficient (Wildman–Crippen LogP) is 2.82. The second-order valence-electron chi connectivity index (χ2n) is 7.27. The normalized spacial score (nSPS) is 14.2. The Bertz CT molecular complexity index is 1060. The second-order valence-corrected chi connectivity index (χ2v) is 7.27. The fourth-order valence-electron chi connectivity index (χ4n) is 3.07. The Balaban J connectivity index is 1.97. The highest BCUT2D eigenvalue weighted by Gasteiger charge is 2.35. The van der Waals surface area contributed by atoms with Crippen molar-refractivity contribution in [3.63, 3.8) is 0 Å². The number of carbonyl (C=O) groups is 2. The minimum absolute atomic E-state index is 0.000195. The molecule has 182 valence electrons. The van der Waals surface area contributed by atoms with Gasteiger partial charge < -0.3 is 31.2 Å². The van der Waals surface area contributed by atoms with Crippen molar-refractivity contribution < 1.29 is 32.2 Å². The molecule has 0 atom stereocenters. The number of halogens is 3. The lowest BCUT2D eigenvalue weighted by Crippen LogP contribution is -2.29.